The average Bonchev–Trinajstić information content (AvgIpc) is 2.88. The molecule has 2 heterocycles. The number of carbonyl (C=O) groups is 1. The van der Waals surface area contributed by atoms with Gasteiger partial charge in [0.1, 0.15) is 12.3 Å². The van der Waals surface area contributed by atoms with E-state index in [0.29, 0.717) is 6.54 Å². The van der Waals surface area contributed by atoms with Crippen LogP contribution in [-0.2, 0) is 17.9 Å². The van der Waals surface area contributed by atoms with Crippen molar-refractivity contribution in [3.05, 3.63) is 47.8 Å². The minimum absolute atomic E-state index is 0.148. The second kappa shape index (κ2) is 8.16. The third-order valence-corrected chi connectivity index (χ3v) is 4.57. The summed E-state index contributed by atoms with van der Waals surface area (Å²) in [6, 6.07) is 8.20. The number of benzene rings is 1. The number of methoxy groups -OCH3 is 1. The topological polar surface area (TPSA) is 50.6 Å². The lowest BCUT2D eigenvalue weighted by atomic mass is 10.2. The molecule has 0 aliphatic carbocycles. The van der Waals surface area contributed by atoms with E-state index < -0.39 is 0 Å². The van der Waals surface area contributed by atoms with Crippen molar-refractivity contribution in [1.29, 1.82) is 0 Å². The van der Waals surface area contributed by atoms with E-state index >= 15 is 0 Å². The third-order valence-electron chi connectivity index (χ3n) is 4.57. The van der Waals surface area contributed by atoms with Gasteiger partial charge in [0.2, 0.25) is 5.91 Å². The second-order valence-electron chi connectivity index (χ2n) is 6.57. The highest BCUT2D eigenvalue weighted by molar-refractivity contribution is 5.75. The fourth-order valence-electron chi connectivity index (χ4n) is 3.16. The van der Waals surface area contributed by atoms with Crippen LogP contribution in [0.1, 0.15) is 17.5 Å². The molecule has 0 saturated carbocycles. The van der Waals surface area contributed by atoms with Gasteiger partial charge in [-0.2, -0.15) is 5.10 Å². The molecule has 0 radical (unpaired) electrons. The molecule has 0 unspecified atom stereocenters. The molecular formula is C19H26N4O2. The summed E-state index contributed by atoms with van der Waals surface area (Å²) in [4.78, 5) is 16.9. The second-order valence-corrected chi connectivity index (χ2v) is 6.57. The van der Waals surface area contributed by atoms with Crippen molar-refractivity contribution in [2.24, 2.45) is 0 Å². The van der Waals surface area contributed by atoms with E-state index in [1.54, 1.807) is 18.0 Å². The maximum absolute atomic E-state index is 12.5. The zero-order valence-electron chi connectivity index (χ0n) is 15.0. The maximum atomic E-state index is 12.5. The van der Waals surface area contributed by atoms with Crippen molar-refractivity contribution in [2.75, 3.05) is 33.3 Å². The Morgan fingerprint density at radius 1 is 1.16 bits per heavy atom. The van der Waals surface area contributed by atoms with Crippen molar-refractivity contribution >= 4 is 5.91 Å². The van der Waals surface area contributed by atoms with Gasteiger partial charge >= 0.3 is 0 Å². The molecule has 1 amide bonds. The van der Waals surface area contributed by atoms with E-state index in [4.69, 9.17) is 4.74 Å². The number of nitrogens with zero attached hydrogens (tertiary/aromatic N) is 4. The highest BCUT2D eigenvalue weighted by Gasteiger charge is 2.19. The fourth-order valence-corrected chi connectivity index (χ4v) is 3.16. The predicted octanol–water partition coefficient (Wildman–Crippen LogP) is 1.93. The molecule has 2 aromatic rings. The highest BCUT2D eigenvalue weighted by atomic mass is 16.5. The standard InChI is InChI=1S/C19H26N4O2/c1-16-12-20-23(13-16)15-19(24)22-9-3-8-21(10-11-22)14-17-4-6-18(25-2)7-5-17/h4-7,12-13H,3,8-11,14-15H2,1-2H3. The Morgan fingerprint density at radius 3 is 2.64 bits per heavy atom. The van der Waals surface area contributed by atoms with Crippen LogP contribution in [0.5, 0.6) is 5.75 Å². The minimum atomic E-state index is 0.148. The summed E-state index contributed by atoms with van der Waals surface area (Å²) < 4.78 is 6.92. The van der Waals surface area contributed by atoms with Gasteiger partial charge < -0.3 is 9.64 Å². The van der Waals surface area contributed by atoms with Gasteiger partial charge in [0.25, 0.3) is 0 Å². The van der Waals surface area contributed by atoms with Crippen LogP contribution in [0, 0.1) is 6.92 Å². The summed E-state index contributed by atoms with van der Waals surface area (Å²) in [5.41, 5.74) is 2.35. The molecule has 1 saturated heterocycles. The van der Waals surface area contributed by atoms with Crippen LogP contribution in [-0.4, -0.2) is 58.8 Å². The Morgan fingerprint density at radius 2 is 1.96 bits per heavy atom. The summed E-state index contributed by atoms with van der Waals surface area (Å²) >= 11 is 0. The number of rotatable bonds is 5. The van der Waals surface area contributed by atoms with Gasteiger partial charge in [-0.3, -0.25) is 14.4 Å². The number of hydrogen-bond acceptors (Lipinski definition) is 4. The zero-order valence-corrected chi connectivity index (χ0v) is 15.0. The molecule has 6 heteroatoms. The Balaban J connectivity index is 1.51. The van der Waals surface area contributed by atoms with Crippen LogP contribution in [0.3, 0.4) is 0 Å². The molecule has 1 aliphatic heterocycles. The maximum Gasteiger partial charge on any atom is 0.244 e. The smallest absolute Gasteiger partial charge is 0.244 e. The van der Waals surface area contributed by atoms with Gasteiger partial charge in [0.15, 0.2) is 0 Å². The van der Waals surface area contributed by atoms with Crippen molar-refractivity contribution in [1.82, 2.24) is 19.6 Å². The van der Waals surface area contributed by atoms with E-state index in [9.17, 15) is 4.79 Å². The van der Waals surface area contributed by atoms with Crippen LogP contribution in [0.2, 0.25) is 0 Å². The summed E-state index contributed by atoms with van der Waals surface area (Å²) in [7, 11) is 1.68. The SMILES string of the molecule is COc1ccc(CN2CCCN(C(=O)Cn3cc(C)cn3)CC2)cc1. The fraction of sp³-hybridized carbons (Fsp3) is 0.474. The monoisotopic (exact) mass is 342 g/mol. The number of aryl methyl sites for hydroxylation is 1. The van der Waals surface area contributed by atoms with Gasteiger partial charge in [-0.05, 0) is 36.6 Å². The minimum Gasteiger partial charge on any atom is -0.497 e. The Hall–Kier alpha value is -2.34. The first-order valence-corrected chi connectivity index (χ1v) is 8.76. The average molecular weight is 342 g/mol. The largest absolute Gasteiger partial charge is 0.497 e. The third kappa shape index (κ3) is 4.82. The molecule has 6 nitrogen and oxygen atoms in total. The lowest BCUT2D eigenvalue weighted by molar-refractivity contribution is -0.131. The molecular weight excluding hydrogens is 316 g/mol. The normalized spacial score (nSPS) is 15.8. The van der Waals surface area contributed by atoms with E-state index in [0.717, 1.165) is 50.5 Å². The first-order chi connectivity index (χ1) is 12.1. The van der Waals surface area contributed by atoms with Gasteiger partial charge in [-0.15, -0.1) is 0 Å². The molecule has 1 aliphatic rings. The van der Waals surface area contributed by atoms with Crippen LogP contribution >= 0.6 is 0 Å². The lowest BCUT2D eigenvalue weighted by Gasteiger charge is -2.22. The number of amides is 1. The van der Waals surface area contributed by atoms with E-state index in [1.807, 2.05) is 30.2 Å². The summed E-state index contributed by atoms with van der Waals surface area (Å²) in [6.45, 7) is 6.72. The van der Waals surface area contributed by atoms with Crippen molar-refractivity contribution in [3.8, 4) is 5.75 Å². The molecule has 0 N–H and O–H groups in total. The summed E-state index contributed by atoms with van der Waals surface area (Å²) in [6.07, 6.45) is 4.69. The Labute approximate surface area is 149 Å². The van der Waals surface area contributed by atoms with Crippen molar-refractivity contribution in [3.63, 3.8) is 0 Å². The molecule has 25 heavy (non-hydrogen) atoms. The van der Waals surface area contributed by atoms with Crippen molar-refractivity contribution < 1.29 is 9.53 Å². The van der Waals surface area contributed by atoms with Crippen LogP contribution in [0.25, 0.3) is 0 Å². The highest BCUT2D eigenvalue weighted by Crippen LogP contribution is 2.14. The van der Waals surface area contributed by atoms with E-state index in [1.165, 1.54) is 5.56 Å². The van der Waals surface area contributed by atoms with Gasteiger partial charge in [0, 0.05) is 38.9 Å². The van der Waals surface area contributed by atoms with E-state index in [2.05, 4.69) is 22.1 Å². The predicted molar refractivity (Wildman–Crippen MR) is 96.4 cm³/mol. The Bertz CT molecular complexity index is 696. The summed E-state index contributed by atoms with van der Waals surface area (Å²) in [5, 5.41) is 4.21. The number of aromatic nitrogens is 2. The summed E-state index contributed by atoms with van der Waals surface area (Å²) in [5.74, 6) is 1.03. The first-order valence-electron chi connectivity index (χ1n) is 8.76. The molecule has 0 bridgehead atoms. The molecule has 1 aromatic heterocycles. The number of ether oxygens (including phenoxy) is 1. The van der Waals surface area contributed by atoms with E-state index in [-0.39, 0.29) is 5.91 Å². The van der Waals surface area contributed by atoms with Crippen LogP contribution in [0.4, 0.5) is 0 Å². The number of hydrogen-bond donors (Lipinski definition) is 0. The molecule has 1 fully saturated rings. The van der Waals surface area contributed by atoms with Gasteiger partial charge in [0.05, 0.1) is 13.3 Å². The van der Waals surface area contributed by atoms with Crippen LogP contribution in [0.15, 0.2) is 36.7 Å². The molecule has 3 rings (SSSR count). The molecule has 1 aromatic carbocycles. The lowest BCUT2D eigenvalue weighted by Crippen LogP contribution is -2.37. The van der Waals surface area contributed by atoms with Crippen LogP contribution < -0.4 is 4.74 Å². The number of carbonyl (C=O) groups excluding carboxylic acids is 1. The molecule has 0 atom stereocenters. The first kappa shape index (κ1) is 17.5. The molecule has 0 spiro atoms. The zero-order chi connectivity index (χ0) is 17.6. The Kier molecular flexibility index (Phi) is 5.71. The van der Waals surface area contributed by atoms with Gasteiger partial charge in [-0.1, -0.05) is 12.1 Å². The molecule has 134 valence electrons. The quantitative estimate of drug-likeness (QED) is 0.833. The van der Waals surface area contributed by atoms with Gasteiger partial charge in [-0.25, -0.2) is 0 Å². The van der Waals surface area contributed by atoms with Crippen molar-refractivity contribution in [2.45, 2.75) is 26.4 Å².